The second-order valence-electron chi connectivity index (χ2n) is 7.20. The first-order valence-corrected chi connectivity index (χ1v) is 11.7. The largest absolute Gasteiger partial charge is 0.458 e. The highest BCUT2D eigenvalue weighted by molar-refractivity contribution is 6.03. The quantitative estimate of drug-likeness (QED) is 0.205. The van der Waals surface area contributed by atoms with E-state index in [4.69, 9.17) is 18.9 Å². The topological polar surface area (TPSA) is 105 Å². The molecule has 2 aromatic rings. The average Bonchev–Trinajstić information content (AvgIpc) is 2.95. The Hall–Kier alpha value is -4.72. The molecule has 200 valence electrons. The van der Waals surface area contributed by atoms with Crippen LogP contribution in [0.15, 0.2) is 98.1 Å². The van der Waals surface area contributed by atoms with Crippen molar-refractivity contribution in [2.75, 3.05) is 26.4 Å². The summed E-state index contributed by atoms with van der Waals surface area (Å²) in [6.45, 7) is 11.1. The maximum absolute atomic E-state index is 11.9. The number of ether oxygens (including phenoxy) is 4. The van der Waals surface area contributed by atoms with Crippen LogP contribution in [-0.4, -0.2) is 50.3 Å². The van der Waals surface area contributed by atoms with Crippen LogP contribution in [0.3, 0.4) is 0 Å². The molecule has 0 aliphatic carbocycles. The van der Waals surface area contributed by atoms with Gasteiger partial charge in [0.15, 0.2) is 0 Å². The summed E-state index contributed by atoms with van der Waals surface area (Å²) >= 11 is 0. The number of hydrogen-bond donors (Lipinski definition) is 0. The van der Waals surface area contributed by atoms with E-state index >= 15 is 0 Å². The van der Waals surface area contributed by atoms with Crippen molar-refractivity contribution < 1.29 is 38.1 Å². The van der Waals surface area contributed by atoms with Gasteiger partial charge in [-0.1, -0.05) is 73.9 Å². The fraction of sp³-hybridized carbons (Fsp3) is 0.200. The SMILES string of the molecule is C=CCOC(=O)c1ccccc1C(=O)OCC=C.CC=CCOC(=O)c1ccccc1C(=O)OCC=CC. The molecule has 38 heavy (non-hydrogen) atoms. The monoisotopic (exact) mass is 520 g/mol. The number of benzene rings is 2. The summed E-state index contributed by atoms with van der Waals surface area (Å²) in [5.74, 6) is -2.24. The third-order valence-corrected chi connectivity index (χ3v) is 4.49. The predicted molar refractivity (Wildman–Crippen MR) is 144 cm³/mol. The number of hydrogen-bond acceptors (Lipinski definition) is 8. The van der Waals surface area contributed by atoms with Crippen molar-refractivity contribution in [2.45, 2.75) is 13.8 Å². The second kappa shape index (κ2) is 18.5. The Labute approximate surface area is 222 Å². The van der Waals surface area contributed by atoms with E-state index in [1.807, 2.05) is 13.8 Å². The minimum absolute atomic E-state index is 0.0921. The molecule has 0 saturated heterocycles. The first-order valence-electron chi connectivity index (χ1n) is 11.7. The van der Waals surface area contributed by atoms with Crippen LogP contribution in [0.4, 0.5) is 0 Å². The summed E-state index contributed by atoms with van der Waals surface area (Å²) in [5, 5.41) is 0. The minimum Gasteiger partial charge on any atom is -0.458 e. The summed E-state index contributed by atoms with van der Waals surface area (Å²) < 4.78 is 19.9. The van der Waals surface area contributed by atoms with Gasteiger partial charge in [0.2, 0.25) is 0 Å². The molecule has 0 amide bonds. The van der Waals surface area contributed by atoms with Gasteiger partial charge in [-0.05, 0) is 38.1 Å². The van der Waals surface area contributed by atoms with Gasteiger partial charge in [0.05, 0.1) is 22.3 Å². The molecule has 0 heterocycles. The molecule has 0 bridgehead atoms. The van der Waals surface area contributed by atoms with Crippen molar-refractivity contribution in [3.8, 4) is 0 Å². The number of rotatable bonds is 12. The first kappa shape index (κ1) is 31.3. The zero-order valence-electron chi connectivity index (χ0n) is 21.6. The zero-order chi connectivity index (χ0) is 28.2. The van der Waals surface area contributed by atoms with Crippen molar-refractivity contribution in [3.63, 3.8) is 0 Å². The van der Waals surface area contributed by atoms with Crippen molar-refractivity contribution in [1.29, 1.82) is 0 Å². The van der Waals surface area contributed by atoms with Gasteiger partial charge < -0.3 is 18.9 Å². The van der Waals surface area contributed by atoms with E-state index in [-0.39, 0.29) is 48.7 Å². The second-order valence-corrected chi connectivity index (χ2v) is 7.20. The van der Waals surface area contributed by atoms with Crippen LogP contribution in [0.2, 0.25) is 0 Å². The van der Waals surface area contributed by atoms with Gasteiger partial charge in [-0.15, -0.1) is 0 Å². The van der Waals surface area contributed by atoms with Crippen LogP contribution in [0.1, 0.15) is 55.3 Å². The Balaban J connectivity index is 0.000000382. The molecule has 2 rings (SSSR count). The van der Waals surface area contributed by atoms with Gasteiger partial charge in [0.25, 0.3) is 0 Å². The number of carbonyl (C=O) groups is 4. The summed E-state index contributed by atoms with van der Waals surface area (Å²) in [4.78, 5) is 47.2. The lowest BCUT2D eigenvalue weighted by Crippen LogP contribution is -2.14. The van der Waals surface area contributed by atoms with Crippen LogP contribution in [0.25, 0.3) is 0 Å². The van der Waals surface area contributed by atoms with Crippen LogP contribution in [0.5, 0.6) is 0 Å². The molecule has 8 heteroatoms. The Morgan fingerprint density at radius 3 is 1.05 bits per heavy atom. The standard InChI is InChI=1S/C16H18O4.C14H14O4/c1-3-5-11-19-15(17)13-9-7-8-10-14(13)16(18)20-12-6-4-2;1-3-9-17-13(15)11-7-5-6-8-12(11)14(16)18-10-4-2/h3-10H,11-12H2,1-2H3;3-8H,1-2,9-10H2. The van der Waals surface area contributed by atoms with E-state index in [0.717, 1.165) is 0 Å². The van der Waals surface area contributed by atoms with Crippen molar-refractivity contribution in [1.82, 2.24) is 0 Å². The van der Waals surface area contributed by atoms with Crippen LogP contribution < -0.4 is 0 Å². The lowest BCUT2D eigenvalue weighted by atomic mass is 10.1. The van der Waals surface area contributed by atoms with E-state index in [9.17, 15) is 19.2 Å². The number of esters is 4. The summed E-state index contributed by atoms with van der Waals surface area (Å²) in [6, 6.07) is 12.8. The van der Waals surface area contributed by atoms with Crippen molar-refractivity contribution in [3.05, 3.63) is 120 Å². The zero-order valence-corrected chi connectivity index (χ0v) is 21.6. The van der Waals surface area contributed by atoms with Gasteiger partial charge >= 0.3 is 23.9 Å². The van der Waals surface area contributed by atoms with E-state index in [1.54, 1.807) is 60.7 Å². The molecule has 0 spiro atoms. The van der Waals surface area contributed by atoms with Gasteiger partial charge in [0, 0.05) is 0 Å². The summed E-state index contributed by atoms with van der Waals surface area (Å²) in [5.41, 5.74) is 0.770. The molecular weight excluding hydrogens is 488 g/mol. The Bertz CT molecular complexity index is 1070. The molecule has 0 atom stereocenters. The molecule has 0 fully saturated rings. The van der Waals surface area contributed by atoms with Crippen molar-refractivity contribution >= 4 is 23.9 Å². The molecule has 0 radical (unpaired) electrons. The Kier molecular flexibility index (Phi) is 15.3. The summed E-state index contributed by atoms with van der Waals surface area (Å²) in [6.07, 6.45) is 9.90. The lowest BCUT2D eigenvalue weighted by Gasteiger charge is -2.08. The summed E-state index contributed by atoms with van der Waals surface area (Å²) in [7, 11) is 0. The average molecular weight is 521 g/mol. The normalized spacial score (nSPS) is 10.2. The molecule has 8 nitrogen and oxygen atoms in total. The lowest BCUT2D eigenvalue weighted by molar-refractivity contribution is 0.0502. The Morgan fingerprint density at radius 1 is 0.553 bits per heavy atom. The molecule has 0 N–H and O–H groups in total. The van der Waals surface area contributed by atoms with Crippen LogP contribution in [-0.2, 0) is 18.9 Å². The fourth-order valence-electron chi connectivity index (χ4n) is 2.70. The smallest absolute Gasteiger partial charge is 0.339 e. The maximum atomic E-state index is 11.9. The molecule has 0 aromatic heterocycles. The third-order valence-electron chi connectivity index (χ3n) is 4.49. The van der Waals surface area contributed by atoms with Gasteiger partial charge in [-0.3, -0.25) is 0 Å². The maximum Gasteiger partial charge on any atom is 0.339 e. The van der Waals surface area contributed by atoms with E-state index < -0.39 is 23.9 Å². The number of allylic oxidation sites excluding steroid dienone is 2. The third kappa shape index (κ3) is 10.9. The van der Waals surface area contributed by atoms with Crippen LogP contribution in [0, 0.1) is 0 Å². The van der Waals surface area contributed by atoms with E-state index in [2.05, 4.69) is 13.2 Å². The van der Waals surface area contributed by atoms with E-state index in [0.29, 0.717) is 0 Å². The first-order chi connectivity index (χ1) is 18.4. The highest BCUT2D eigenvalue weighted by Crippen LogP contribution is 2.13. The highest BCUT2D eigenvalue weighted by atomic mass is 16.5. The molecule has 2 aromatic carbocycles. The van der Waals surface area contributed by atoms with Gasteiger partial charge in [-0.2, -0.15) is 0 Å². The molecule has 0 unspecified atom stereocenters. The molecule has 0 saturated carbocycles. The molecular formula is C30H32O8. The van der Waals surface area contributed by atoms with E-state index in [1.165, 1.54) is 24.3 Å². The van der Waals surface area contributed by atoms with Crippen molar-refractivity contribution in [2.24, 2.45) is 0 Å². The number of carbonyl (C=O) groups excluding carboxylic acids is 4. The highest BCUT2D eigenvalue weighted by Gasteiger charge is 2.19. The molecule has 0 aliphatic heterocycles. The predicted octanol–water partition coefficient (Wildman–Crippen LogP) is 5.52. The van der Waals surface area contributed by atoms with Crippen LogP contribution >= 0.6 is 0 Å². The van der Waals surface area contributed by atoms with Gasteiger partial charge in [-0.25, -0.2) is 19.2 Å². The Morgan fingerprint density at radius 2 is 0.816 bits per heavy atom. The molecule has 0 aliphatic rings. The van der Waals surface area contributed by atoms with Gasteiger partial charge in [0.1, 0.15) is 26.4 Å². The fourth-order valence-corrected chi connectivity index (χ4v) is 2.70. The minimum atomic E-state index is -0.582.